The summed E-state index contributed by atoms with van der Waals surface area (Å²) in [7, 11) is 0. The normalized spacial score (nSPS) is 21.5. The van der Waals surface area contributed by atoms with Gasteiger partial charge in [-0.3, -0.25) is 0 Å². The third kappa shape index (κ3) is 3.47. The molecular formula is C16H25FN2. The number of piperidine rings is 1. The summed E-state index contributed by atoms with van der Waals surface area (Å²) in [6.07, 6.45) is 2.42. The molecule has 1 aromatic rings. The number of nitrogens with one attached hydrogen (secondary N) is 1. The monoisotopic (exact) mass is 264 g/mol. The van der Waals surface area contributed by atoms with E-state index in [1.807, 2.05) is 12.1 Å². The maximum Gasteiger partial charge on any atom is 0.146 e. The van der Waals surface area contributed by atoms with Gasteiger partial charge in [0, 0.05) is 19.1 Å². The highest BCUT2D eigenvalue weighted by Gasteiger charge is 2.19. The molecule has 2 unspecified atom stereocenters. The fourth-order valence-electron chi connectivity index (χ4n) is 2.88. The van der Waals surface area contributed by atoms with Gasteiger partial charge in [-0.05, 0) is 49.9 Å². The molecule has 2 nitrogen and oxygen atoms in total. The molecule has 0 saturated carbocycles. The van der Waals surface area contributed by atoms with Crippen LogP contribution < -0.4 is 10.2 Å². The molecule has 1 heterocycles. The van der Waals surface area contributed by atoms with E-state index >= 15 is 0 Å². The minimum Gasteiger partial charge on any atom is -0.369 e. The molecule has 0 amide bonds. The SMILES string of the molecule is CCNC(C)c1ccc(N2CCCC(C)C2)c(F)c1. The molecule has 0 aliphatic carbocycles. The third-order valence-corrected chi connectivity index (χ3v) is 3.98. The number of anilines is 1. The molecule has 1 aliphatic rings. The number of nitrogens with zero attached hydrogens (tertiary/aromatic N) is 1. The third-order valence-electron chi connectivity index (χ3n) is 3.98. The van der Waals surface area contributed by atoms with E-state index in [9.17, 15) is 4.39 Å². The second-order valence-corrected chi connectivity index (χ2v) is 5.68. The molecule has 2 rings (SSSR count). The van der Waals surface area contributed by atoms with Gasteiger partial charge in [-0.25, -0.2) is 4.39 Å². The van der Waals surface area contributed by atoms with Crippen molar-refractivity contribution in [1.82, 2.24) is 5.32 Å². The fourth-order valence-corrected chi connectivity index (χ4v) is 2.88. The quantitative estimate of drug-likeness (QED) is 0.891. The Balaban J connectivity index is 2.14. The van der Waals surface area contributed by atoms with Crippen LogP contribution in [0, 0.1) is 11.7 Å². The highest BCUT2D eigenvalue weighted by atomic mass is 19.1. The predicted molar refractivity (Wildman–Crippen MR) is 79.1 cm³/mol. The molecule has 106 valence electrons. The molecule has 0 radical (unpaired) electrons. The van der Waals surface area contributed by atoms with Crippen molar-refractivity contribution in [2.45, 2.75) is 39.7 Å². The lowest BCUT2D eigenvalue weighted by Gasteiger charge is -2.33. The van der Waals surface area contributed by atoms with E-state index in [1.165, 1.54) is 6.42 Å². The van der Waals surface area contributed by atoms with Crippen LogP contribution in [0.3, 0.4) is 0 Å². The number of benzene rings is 1. The molecule has 19 heavy (non-hydrogen) atoms. The first-order valence-corrected chi connectivity index (χ1v) is 7.39. The lowest BCUT2D eigenvalue weighted by Crippen LogP contribution is -2.34. The van der Waals surface area contributed by atoms with E-state index < -0.39 is 0 Å². The number of halogens is 1. The van der Waals surface area contributed by atoms with Crippen LogP contribution in [-0.4, -0.2) is 19.6 Å². The second-order valence-electron chi connectivity index (χ2n) is 5.68. The molecule has 1 saturated heterocycles. The Morgan fingerprint density at radius 1 is 1.47 bits per heavy atom. The van der Waals surface area contributed by atoms with Crippen molar-refractivity contribution in [2.24, 2.45) is 5.92 Å². The van der Waals surface area contributed by atoms with Crippen LogP contribution in [0.5, 0.6) is 0 Å². The van der Waals surface area contributed by atoms with Crippen molar-refractivity contribution in [1.29, 1.82) is 0 Å². The topological polar surface area (TPSA) is 15.3 Å². The summed E-state index contributed by atoms with van der Waals surface area (Å²) in [5.74, 6) is 0.574. The van der Waals surface area contributed by atoms with E-state index in [4.69, 9.17) is 0 Å². The molecule has 1 N–H and O–H groups in total. The van der Waals surface area contributed by atoms with Crippen molar-refractivity contribution in [3.63, 3.8) is 0 Å². The van der Waals surface area contributed by atoms with Crippen molar-refractivity contribution in [3.05, 3.63) is 29.6 Å². The van der Waals surface area contributed by atoms with E-state index in [0.717, 1.165) is 37.3 Å². The zero-order valence-electron chi connectivity index (χ0n) is 12.2. The van der Waals surface area contributed by atoms with Crippen LogP contribution in [0.2, 0.25) is 0 Å². The summed E-state index contributed by atoms with van der Waals surface area (Å²) in [5.41, 5.74) is 1.78. The van der Waals surface area contributed by atoms with Gasteiger partial charge < -0.3 is 10.2 Å². The van der Waals surface area contributed by atoms with Gasteiger partial charge in [0.1, 0.15) is 5.82 Å². The fraction of sp³-hybridized carbons (Fsp3) is 0.625. The molecule has 0 aromatic heterocycles. The van der Waals surface area contributed by atoms with Gasteiger partial charge in [-0.15, -0.1) is 0 Å². The number of hydrogen-bond donors (Lipinski definition) is 1. The van der Waals surface area contributed by atoms with Gasteiger partial charge in [-0.1, -0.05) is 19.9 Å². The van der Waals surface area contributed by atoms with Crippen LogP contribution in [0.25, 0.3) is 0 Å². The Labute approximate surface area is 116 Å². The number of rotatable bonds is 4. The second kappa shape index (κ2) is 6.38. The summed E-state index contributed by atoms with van der Waals surface area (Å²) in [6.45, 7) is 9.22. The van der Waals surface area contributed by atoms with E-state index in [2.05, 4.69) is 31.0 Å². The Kier molecular flexibility index (Phi) is 4.81. The largest absolute Gasteiger partial charge is 0.369 e. The average Bonchev–Trinajstić information content (AvgIpc) is 2.38. The Hall–Kier alpha value is -1.09. The van der Waals surface area contributed by atoms with Crippen LogP contribution in [-0.2, 0) is 0 Å². The van der Waals surface area contributed by atoms with Crippen molar-refractivity contribution < 1.29 is 4.39 Å². The van der Waals surface area contributed by atoms with E-state index in [1.54, 1.807) is 6.07 Å². The highest BCUT2D eigenvalue weighted by Crippen LogP contribution is 2.27. The van der Waals surface area contributed by atoms with Gasteiger partial charge in [-0.2, -0.15) is 0 Å². The van der Waals surface area contributed by atoms with Crippen molar-refractivity contribution in [3.8, 4) is 0 Å². The molecule has 3 heteroatoms. The minimum absolute atomic E-state index is 0.0867. The first kappa shape index (κ1) is 14.3. The minimum atomic E-state index is -0.0867. The van der Waals surface area contributed by atoms with Gasteiger partial charge in [0.15, 0.2) is 0 Å². The summed E-state index contributed by atoms with van der Waals surface area (Å²) < 4.78 is 14.3. The van der Waals surface area contributed by atoms with Gasteiger partial charge >= 0.3 is 0 Å². The molecule has 0 spiro atoms. The van der Waals surface area contributed by atoms with Crippen molar-refractivity contribution in [2.75, 3.05) is 24.5 Å². The molecule has 1 fully saturated rings. The first-order valence-electron chi connectivity index (χ1n) is 7.39. The Morgan fingerprint density at radius 2 is 2.26 bits per heavy atom. The maximum atomic E-state index is 14.3. The smallest absolute Gasteiger partial charge is 0.146 e. The molecule has 2 atom stereocenters. The van der Waals surface area contributed by atoms with E-state index in [0.29, 0.717) is 5.92 Å². The van der Waals surface area contributed by atoms with Crippen LogP contribution in [0.4, 0.5) is 10.1 Å². The van der Waals surface area contributed by atoms with Crippen LogP contribution in [0.1, 0.15) is 45.2 Å². The summed E-state index contributed by atoms with van der Waals surface area (Å²) in [5, 5.41) is 3.31. The Morgan fingerprint density at radius 3 is 2.89 bits per heavy atom. The van der Waals surface area contributed by atoms with Gasteiger partial charge in [0.05, 0.1) is 5.69 Å². The zero-order valence-corrected chi connectivity index (χ0v) is 12.2. The zero-order chi connectivity index (χ0) is 13.8. The lowest BCUT2D eigenvalue weighted by atomic mass is 9.99. The standard InChI is InChI=1S/C16H25FN2/c1-4-18-13(3)14-7-8-16(15(17)10-14)19-9-5-6-12(2)11-19/h7-8,10,12-13,18H,4-6,9,11H2,1-3H3. The maximum absolute atomic E-state index is 14.3. The molecule has 1 aromatic carbocycles. The average molecular weight is 264 g/mol. The van der Waals surface area contributed by atoms with Crippen molar-refractivity contribution >= 4 is 5.69 Å². The predicted octanol–water partition coefficient (Wildman–Crippen LogP) is 3.73. The summed E-state index contributed by atoms with van der Waals surface area (Å²) in [4.78, 5) is 2.19. The van der Waals surface area contributed by atoms with E-state index in [-0.39, 0.29) is 11.9 Å². The van der Waals surface area contributed by atoms with Gasteiger partial charge in [0.25, 0.3) is 0 Å². The van der Waals surface area contributed by atoms with Gasteiger partial charge in [0.2, 0.25) is 0 Å². The molecule has 0 bridgehead atoms. The summed E-state index contributed by atoms with van der Waals surface area (Å²) >= 11 is 0. The molecular weight excluding hydrogens is 239 g/mol. The summed E-state index contributed by atoms with van der Waals surface area (Å²) in [6, 6.07) is 5.87. The molecule has 1 aliphatic heterocycles. The Bertz CT molecular complexity index is 419. The first-order chi connectivity index (χ1) is 9.11. The number of hydrogen-bond acceptors (Lipinski definition) is 2. The van der Waals surface area contributed by atoms with Crippen LogP contribution >= 0.6 is 0 Å². The lowest BCUT2D eigenvalue weighted by molar-refractivity contribution is 0.442. The van der Waals surface area contributed by atoms with Crippen LogP contribution in [0.15, 0.2) is 18.2 Å². The highest BCUT2D eigenvalue weighted by molar-refractivity contribution is 5.50.